The number of carbonyl (C=O) groups is 2. The number of amides is 3. The van der Waals surface area contributed by atoms with Crippen molar-refractivity contribution in [2.75, 3.05) is 23.7 Å². The van der Waals surface area contributed by atoms with Gasteiger partial charge in [-0.05, 0) is 50.3 Å². The molecule has 7 nitrogen and oxygen atoms in total. The van der Waals surface area contributed by atoms with E-state index in [2.05, 4.69) is 20.2 Å². The molecule has 1 saturated heterocycles. The molecule has 0 unspecified atom stereocenters. The normalized spacial score (nSPS) is 14.8. The SMILES string of the molecule is CC(=O)Nc1cccc(NC(=O)N2CCC(CCn3ccnc3C)CC2)c1. The fourth-order valence-electron chi connectivity index (χ4n) is 3.47. The molecule has 3 rings (SSSR count). The maximum atomic E-state index is 12.5. The number of likely N-dealkylation sites (tertiary alicyclic amines) is 1. The minimum absolute atomic E-state index is 0.0844. The van der Waals surface area contributed by atoms with E-state index < -0.39 is 0 Å². The Balaban J connectivity index is 1.46. The highest BCUT2D eigenvalue weighted by Gasteiger charge is 2.22. The lowest BCUT2D eigenvalue weighted by molar-refractivity contribution is -0.114. The minimum atomic E-state index is -0.133. The van der Waals surface area contributed by atoms with E-state index in [1.165, 1.54) is 6.92 Å². The zero-order valence-electron chi connectivity index (χ0n) is 15.9. The number of hydrogen-bond donors (Lipinski definition) is 2. The van der Waals surface area contributed by atoms with Gasteiger partial charge in [0.15, 0.2) is 0 Å². The number of urea groups is 1. The van der Waals surface area contributed by atoms with E-state index in [0.717, 1.165) is 44.7 Å². The number of anilines is 2. The molecule has 1 aromatic carbocycles. The number of benzene rings is 1. The van der Waals surface area contributed by atoms with E-state index in [1.807, 2.05) is 36.4 Å². The van der Waals surface area contributed by atoms with Crippen molar-refractivity contribution in [3.63, 3.8) is 0 Å². The van der Waals surface area contributed by atoms with Crippen molar-refractivity contribution in [2.45, 2.75) is 39.7 Å². The zero-order valence-corrected chi connectivity index (χ0v) is 15.9. The monoisotopic (exact) mass is 369 g/mol. The smallest absolute Gasteiger partial charge is 0.321 e. The number of nitrogens with one attached hydrogen (secondary N) is 2. The second kappa shape index (κ2) is 8.70. The third kappa shape index (κ3) is 5.32. The molecule has 1 fully saturated rings. The molecular weight excluding hydrogens is 342 g/mol. The van der Waals surface area contributed by atoms with Gasteiger partial charge in [0.05, 0.1) is 0 Å². The van der Waals surface area contributed by atoms with Crippen LogP contribution < -0.4 is 10.6 Å². The van der Waals surface area contributed by atoms with Crippen LogP contribution in [0.25, 0.3) is 0 Å². The Morgan fingerprint density at radius 2 is 1.89 bits per heavy atom. The van der Waals surface area contributed by atoms with E-state index in [9.17, 15) is 9.59 Å². The van der Waals surface area contributed by atoms with Crippen molar-refractivity contribution in [3.05, 3.63) is 42.5 Å². The van der Waals surface area contributed by atoms with Gasteiger partial charge < -0.3 is 20.1 Å². The summed E-state index contributed by atoms with van der Waals surface area (Å²) >= 11 is 0. The summed E-state index contributed by atoms with van der Waals surface area (Å²) in [6, 6.07) is 7.11. The van der Waals surface area contributed by atoms with E-state index in [0.29, 0.717) is 17.3 Å². The van der Waals surface area contributed by atoms with Crippen LogP contribution in [-0.2, 0) is 11.3 Å². The molecule has 2 aromatic rings. The first-order chi connectivity index (χ1) is 13.0. The van der Waals surface area contributed by atoms with Gasteiger partial charge in [0.25, 0.3) is 0 Å². The van der Waals surface area contributed by atoms with Crippen LogP contribution in [0.3, 0.4) is 0 Å². The number of aryl methyl sites for hydroxylation is 2. The van der Waals surface area contributed by atoms with Crippen LogP contribution >= 0.6 is 0 Å². The number of imidazole rings is 1. The van der Waals surface area contributed by atoms with Crippen molar-refractivity contribution in [2.24, 2.45) is 5.92 Å². The number of hydrogen-bond acceptors (Lipinski definition) is 3. The average molecular weight is 369 g/mol. The largest absolute Gasteiger partial charge is 0.335 e. The van der Waals surface area contributed by atoms with Crippen LogP contribution in [0.2, 0.25) is 0 Å². The van der Waals surface area contributed by atoms with Crippen LogP contribution in [0.4, 0.5) is 16.2 Å². The Bertz CT molecular complexity index is 793. The molecule has 3 amide bonds. The van der Waals surface area contributed by atoms with Gasteiger partial charge in [-0.3, -0.25) is 4.79 Å². The average Bonchev–Trinajstić information content (AvgIpc) is 3.05. The molecule has 0 radical (unpaired) electrons. The third-order valence-electron chi connectivity index (χ3n) is 5.04. The van der Waals surface area contributed by atoms with E-state index in [4.69, 9.17) is 0 Å². The van der Waals surface area contributed by atoms with E-state index >= 15 is 0 Å². The maximum absolute atomic E-state index is 12.5. The summed E-state index contributed by atoms with van der Waals surface area (Å²) in [5.41, 5.74) is 1.36. The van der Waals surface area contributed by atoms with Crippen molar-refractivity contribution < 1.29 is 9.59 Å². The summed E-state index contributed by atoms with van der Waals surface area (Å²) in [5.74, 6) is 1.55. The fourth-order valence-corrected chi connectivity index (χ4v) is 3.47. The van der Waals surface area contributed by atoms with Crippen LogP contribution in [0.15, 0.2) is 36.7 Å². The molecular formula is C20H27N5O2. The van der Waals surface area contributed by atoms with Crippen LogP contribution in [0, 0.1) is 12.8 Å². The molecule has 0 aliphatic carbocycles. The summed E-state index contributed by atoms with van der Waals surface area (Å²) < 4.78 is 2.18. The first kappa shape index (κ1) is 18.9. The topological polar surface area (TPSA) is 79.3 Å². The highest BCUT2D eigenvalue weighted by Crippen LogP contribution is 2.22. The Kier molecular flexibility index (Phi) is 6.11. The van der Waals surface area contributed by atoms with Crippen LogP contribution in [0.5, 0.6) is 0 Å². The van der Waals surface area contributed by atoms with Gasteiger partial charge in [-0.25, -0.2) is 9.78 Å². The maximum Gasteiger partial charge on any atom is 0.321 e. The summed E-state index contributed by atoms with van der Waals surface area (Å²) in [6.07, 6.45) is 7.02. The van der Waals surface area contributed by atoms with Gasteiger partial charge in [0.2, 0.25) is 5.91 Å². The molecule has 2 N–H and O–H groups in total. The Morgan fingerprint density at radius 3 is 2.52 bits per heavy atom. The van der Waals surface area contributed by atoms with Gasteiger partial charge in [-0.15, -0.1) is 0 Å². The van der Waals surface area contributed by atoms with Crippen LogP contribution in [-0.4, -0.2) is 39.5 Å². The fraction of sp³-hybridized carbons (Fsp3) is 0.450. The third-order valence-corrected chi connectivity index (χ3v) is 5.04. The molecule has 1 aliphatic rings. The molecule has 1 aromatic heterocycles. The molecule has 0 spiro atoms. The predicted octanol–water partition coefficient (Wildman–Crippen LogP) is 3.48. The van der Waals surface area contributed by atoms with Crippen molar-refractivity contribution >= 4 is 23.3 Å². The highest BCUT2D eigenvalue weighted by molar-refractivity contribution is 5.92. The molecule has 27 heavy (non-hydrogen) atoms. The molecule has 1 aliphatic heterocycles. The van der Waals surface area contributed by atoms with E-state index in [-0.39, 0.29) is 11.9 Å². The molecule has 0 atom stereocenters. The first-order valence-corrected chi connectivity index (χ1v) is 9.42. The molecule has 2 heterocycles. The second-order valence-corrected chi connectivity index (χ2v) is 7.08. The van der Waals surface area contributed by atoms with Crippen molar-refractivity contribution in [1.29, 1.82) is 0 Å². The van der Waals surface area contributed by atoms with Gasteiger partial charge in [0.1, 0.15) is 5.82 Å². The van der Waals surface area contributed by atoms with Gasteiger partial charge in [-0.1, -0.05) is 6.07 Å². The number of piperidine rings is 1. The quantitative estimate of drug-likeness (QED) is 0.847. The van der Waals surface area contributed by atoms with Gasteiger partial charge in [0, 0.05) is 50.3 Å². The lowest BCUT2D eigenvalue weighted by Crippen LogP contribution is -2.41. The number of aromatic nitrogens is 2. The highest BCUT2D eigenvalue weighted by atomic mass is 16.2. The first-order valence-electron chi connectivity index (χ1n) is 9.42. The Labute approximate surface area is 159 Å². The minimum Gasteiger partial charge on any atom is -0.335 e. The number of carbonyl (C=O) groups excluding carboxylic acids is 2. The number of nitrogens with zero attached hydrogens (tertiary/aromatic N) is 3. The molecule has 0 saturated carbocycles. The van der Waals surface area contributed by atoms with Crippen molar-refractivity contribution in [3.8, 4) is 0 Å². The van der Waals surface area contributed by atoms with E-state index in [1.54, 1.807) is 12.1 Å². The Morgan fingerprint density at radius 1 is 1.19 bits per heavy atom. The predicted molar refractivity (Wildman–Crippen MR) is 106 cm³/mol. The summed E-state index contributed by atoms with van der Waals surface area (Å²) in [5, 5.41) is 5.65. The van der Waals surface area contributed by atoms with Gasteiger partial charge in [-0.2, -0.15) is 0 Å². The molecule has 7 heteroatoms. The lowest BCUT2D eigenvalue weighted by atomic mass is 9.93. The summed E-state index contributed by atoms with van der Waals surface area (Å²) in [7, 11) is 0. The zero-order chi connectivity index (χ0) is 19.2. The van der Waals surface area contributed by atoms with Crippen LogP contribution in [0.1, 0.15) is 32.0 Å². The standard InChI is InChI=1S/C20H27N5O2/c1-15-21-9-13-24(15)10-6-17-7-11-25(12-8-17)20(27)23-19-5-3-4-18(14-19)22-16(2)26/h3-5,9,13-14,17H,6-8,10-12H2,1-2H3,(H,22,26)(H,23,27). The summed E-state index contributed by atoms with van der Waals surface area (Å²) in [4.78, 5) is 29.8. The molecule has 0 bridgehead atoms. The van der Waals surface area contributed by atoms with Gasteiger partial charge >= 0.3 is 6.03 Å². The summed E-state index contributed by atoms with van der Waals surface area (Å²) in [6.45, 7) is 6.01. The Hall–Kier alpha value is -2.83. The molecule has 144 valence electrons. The lowest BCUT2D eigenvalue weighted by Gasteiger charge is -2.32. The second-order valence-electron chi connectivity index (χ2n) is 7.08. The number of rotatable bonds is 5. The van der Waals surface area contributed by atoms with Crippen molar-refractivity contribution in [1.82, 2.24) is 14.5 Å².